The minimum absolute atomic E-state index is 0.0968. The van der Waals surface area contributed by atoms with Crippen LogP contribution in [0, 0.1) is 0 Å². The second-order valence-electron chi connectivity index (χ2n) is 28.7. The van der Waals surface area contributed by atoms with E-state index < -0.39 is 10.8 Å². The molecule has 332 valence electrons. The number of benzene rings is 21. The highest BCUT2D eigenvalue weighted by Crippen LogP contribution is 2.87. The Balaban J connectivity index is 1.08. The maximum atomic E-state index is 16.7. The smallest absolute Gasteiger partial charge is 0.134 e. The monoisotopic (exact) mass is 966 g/mol. The highest BCUT2D eigenvalue weighted by atomic mass is 16.1. The molecule has 1 atom stereocenters. The SMILES string of the molecule is O=C1CC(c2c3ccccc3cc3ccccc23)C23c4c5c6c7c8c9c(c%10c%11c2c2c4c4c%12c5c5c6c6c8c8c%13c9c9c%10c%10c%11c%11c2c2c4c4c%12c%12c5c5c6c8c6c8c%13c9c9c%10c%10c%11c2c2c4c4c%12c5c6c5c8c9c%10c2c45)C73C1. The largest absolute Gasteiger partial charge is 0.300 e. The number of hydrogen-bond donors (Lipinski definition) is 0. The Labute approximate surface area is 432 Å². The normalized spacial score (nSPS) is 22.6. The fourth-order valence-electron chi connectivity index (χ4n) is 27.9. The zero-order valence-electron chi connectivity index (χ0n) is 40.6. The van der Waals surface area contributed by atoms with Gasteiger partial charge in [-0.05, 0) is 346 Å². The fourth-order valence-corrected chi connectivity index (χ4v) is 27.9. The van der Waals surface area contributed by atoms with Crippen LogP contribution in [-0.2, 0) is 15.6 Å². The lowest BCUT2D eigenvalue weighted by Crippen LogP contribution is -2.59. The van der Waals surface area contributed by atoms with Crippen molar-refractivity contribution in [2.75, 3.05) is 0 Å². The maximum Gasteiger partial charge on any atom is 0.134 e. The van der Waals surface area contributed by atoms with Crippen LogP contribution >= 0.6 is 0 Å². The van der Waals surface area contributed by atoms with Crippen LogP contribution in [0.2, 0.25) is 0 Å². The molecule has 0 radical (unpaired) electrons. The van der Waals surface area contributed by atoms with Gasteiger partial charge in [-0.1, -0.05) is 48.5 Å². The minimum Gasteiger partial charge on any atom is -0.300 e. The second kappa shape index (κ2) is 7.13. The first-order valence-corrected chi connectivity index (χ1v) is 29.5. The molecule has 31 aromatic rings. The lowest BCUT2D eigenvalue weighted by Gasteiger charge is -2.60. The zero-order chi connectivity index (χ0) is 47.3. The van der Waals surface area contributed by atoms with Crippen LogP contribution in [0.4, 0.5) is 0 Å². The summed E-state index contributed by atoms with van der Waals surface area (Å²) in [7, 11) is 0. The van der Waals surface area contributed by atoms with Crippen LogP contribution < -0.4 is 0 Å². The predicted octanol–water partition coefficient (Wildman–Crippen LogP) is 20.7. The van der Waals surface area contributed by atoms with Crippen molar-refractivity contribution < 1.29 is 4.79 Å². The first kappa shape index (κ1) is 30.3. The molecule has 5 aliphatic carbocycles. The lowest BCUT2D eigenvalue weighted by molar-refractivity contribution is -0.123. The van der Waals surface area contributed by atoms with Gasteiger partial charge in [0.2, 0.25) is 0 Å². The number of carbonyl (C=O) groups is 1. The van der Waals surface area contributed by atoms with Crippen molar-refractivity contribution in [3.63, 3.8) is 0 Å². The van der Waals surface area contributed by atoms with Crippen LogP contribution in [0.25, 0.3) is 312 Å². The van der Waals surface area contributed by atoms with E-state index in [0.717, 1.165) is 0 Å². The van der Waals surface area contributed by atoms with Crippen molar-refractivity contribution >= 4 is 318 Å². The van der Waals surface area contributed by atoms with Crippen LogP contribution in [0.5, 0.6) is 0 Å². The van der Waals surface area contributed by atoms with Crippen LogP contribution in [0.15, 0.2) is 54.6 Å². The summed E-state index contributed by atoms with van der Waals surface area (Å²) < 4.78 is 0. The van der Waals surface area contributed by atoms with Gasteiger partial charge in [-0.2, -0.15) is 0 Å². The van der Waals surface area contributed by atoms with E-state index in [1.165, 1.54) is 27.1 Å². The molecule has 0 heterocycles. The average molecular weight is 967 g/mol. The highest BCUT2D eigenvalue weighted by Gasteiger charge is 2.74. The number of ketones is 1. The predicted molar refractivity (Wildman–Crippen MR) is 332 cm³/mol. The van der Waals surface area contributed by atoms with Gasteiger partial charge in [0.05, 0.1) is 0 Å². The van der Waals surface area contributed by atoms with E-state index in [2.05, 4.69) is 54.6 Å². The van der Waals surface area contributed by atoms with E-state index in [-0.39, 0.29) is 5.92 Å². The molecule has 0 amide bonds. The van der Waals surface area contributed by atoms with Crippen molar-refractivity contribution in [1.82, 2.24) is 0 Å². The molecule has 0 aliphatic heterocycles. The van der Waals surface area contributed by atoms with E-state index >= 15 is 4.79 Å². The quantitative estimate of drug-likeness (QED) is 0.118. The summed E-state index contributed by atoms with van der Waals surface area (Å²) in [6, 6.07) is 21.2. The average Bonchev–Trinajstić information content (AvgIpc) is 1.54. The summed E-state index contributed by atoms with van der Waals surface area (Å²) in [6.07, 6.45) is 1.12. The Morgan fingerprint density at radius 2 is 0.481 bits per heavy atom. The third kappa shape index (κ3) is 1.73. The number of hydrogen-bond acceptors (Lipinski definition) is 1. The molecule has 0 N–H and O–H groups in total. The molecular weight excluding hydrogens is 953 g/mol. The number of fused-ring (bicyclic) bond motifs is 2. The second-order valence-corrected chi connectivity index (χ2v) is 28.7. The van der Waals surface area contributed by atoms with Crippen molar-refractivity contribution in [2.24, 2.45) is 0 Å². The van der Waals surface area contributed by atoms with E-state index in [0.29, 0.717) is 18.6 Å². The molecule has 36 rings (SSSR count). The zero-order valence-corrected chi connectivity index (χ0v) is 40.6. The molecule has 5 aliphatic rings. The van der Waals surface area contributed by atoms with Crippen molar-refractivity contribution in [3.8, 4) is 0 Å². The summed E-state index contributed by atoms with van der Waals surface area (Å²) in [5, 5.41) is 92.3. The fraction of sp³-hybridized carbons (Fsp3) is 0.0641. The lowest BCUT2D eigenvalue weighted by atomic mass is 9.40. The number of carbonyl (C=O) groups excluding carboxylic acids is 1. The molecule has 1 nitrogen and oxygen atoms in total. The first-order chi connectivity index (χ1) is 39.3. The van der Waals surface area contributed by atoms with Gasteiger partial charge < -0.3 is 0 Å². The Bertz CT molecular complexity index is 7990. The molecule has 0 aromatic heterocycles. The minimum atomic E-state index is -0.601. The first-order valence-electron chi connectivity index (χ1n) is 29.5. The standard InChI is InChI=1S/C78H14O/c79-14-10-17(18-15-7-3-1-5-12(15)9-13-6-2-4-8-16(13)18)78-75-69-63-53-41-33-25-21-19-20-23-27(25)35(41)45-39-31(23)32-24(20)28-26-22(19)30-29(21)37-43(33)51-57-47(37)48-38(30)44-34(26)42-36(28)46-40(32)50-49(39)61(55(45)63)71(75)72-62(50)56(46)64-54(42)60-52(44)58(48)66-65(57)73(67(69)59(51)53)77(78,11-14)74(66)68(60)70(64)76(72)78/h1-9,17H,10-11H2. The van der Waals surface area contributed by atoms with E-state index in [1.807, 2.05) is 0 Å². The topological polar surface area (TPSA) is 17.1 Å². The van der Waals surface area contributed by atoms with Crippen molar-refractivity contribution in [3.05, 3.63) is 82.4 Å². The Morgan fingerprint density at radius 1 is 0.266 bits per heavy atom. The van der Waals surface area contributed by atoms with Gasteiger partial charge in [-0.15, -0.1) is 0 Å². The summed E-state index contributed by atoms with van der Waals surface area (Å²) in [6.45, 7) is 0. The molecule has 1 unspecified atom stereocenters. The molecule has 2 spiro atoms. The molecule has 0 saturated heterocycles. The van der Waals surface area contributed by atoms with Gasteiger partial charge in [-0.3, -0.25) is 4.79 Å². The summed E-state index contributed by atoms with van der Waals surface area (Å²) in [5.74, 6) is 0.366. The number of rotatable bonds is 1. The summed E-state index contributed by atoms with van der Waals surface area (Å²) >= 11 is 0. The van der Waals surface area contributed by atoms with E-state index in [1.54, 1.807) is 313 Å². The van der Waals surface area contributed by atoms with Gasteiger partial charge in [0, 0.05) is 29.6 Å². The molecule has 0 bridgehead atoms. The Morgan fingerprint density at radius 3 is 0.734 bits per heavy atom. The van der Waals surface area contributed by atoms with Gasteiger partial charge >= 0.3 is 0 Å². The molecular formula is C78H14O. The van der Waals surface area contributed by atoms with Crippen molar-refractivity contribution in [2.45, 2.75) is 29.6 Å². The van der Waals surface area contributed by atoms with Crippen molar-refractivity contribution in [1.29, 1.82) is 0 Å². The van der Waals surface area contributed by atoms with E-state index in [9.17, 15) is 0 Å². The maximum absolute atomic E-state index is 16.7. The molecule has 1 saturated carbocycles. The molecule has 1 fully saturated rings. The van der Waals surface area contributed by atoms with Gasteiger partial charge in [0.1, 0.15) is 5.78 Å². The van der Waals surface area contributed by atoms with E-state index in [4.69, 9.17) is 0 Å². The Hall–Kier alpha value is -9.69. The Kier molecular flexibility index (Phi) is 2.74. The highest BCUT2D eigenvalue weighted by molar-refractivity contribution is 6.82. The van der Waals surface area contributed by atoms with Gasteiger partial charge in [0.25, 0.3) is 0 Å². The summed E-state index contributed by atoms with van der Waals surface area (Å²) in [5.41, 5.74) is 6.82. The summed E-state index contributed by atoms with van der Waals surface area (Å²) in [4.78, 5) is 16.7. The third-order valence-corrected chi connectivity index (χ3v) is 28.1. The molecule has 1 heteroatoms. The van der Waals surface area contributed by atoms with Gasteiger partial charge in [0.15, 0.2) is 0 Å². The van der Waals surface area contributed by atoms with Crippen LogP contribution in [0.1, 0.15) is 46.6 Å². The molecule has 31 aromatic carbocycles. The van der Waals surface area contributed by atoms with Gasteiger partial charge in [-0.25, -0.2) is 0 Å². The number of Topliss-reactive ketones (excluding diaryl/α,β-unsaturated/α-hetero) is 1. The molecule has 79 heavy (non-hydrogen) atoms. The van der Waals surface area contributed by atoms with Crippen LogP contribution in [0.3, 0.4) is 0 Å². The van der Waals surface area contributed by atoms with Crippen LogP contribution in [-0.4, -0.2) is 5.78 Å². The third-order valence-electron chi connectivity index (χ3n) is 28.1.